The molecule has 2 amide bonds. The number of rotatable bonds is 8. The van der Waals surface area contributed by atoms with E-state index in [0.717, 1.165) is 17.5 Å². The molecule has 1 saturated heterocycles. The molecule has 41 heavy (non-hydrogen) atoms. The number of anilines is 1. The number of hydrogen-bond acceptors (Lipinski definition) is 7. The highest BCUT2D eigenvalue weighted by Crippen LogP contribution is 2.33. The third kappa shape index (κ3) is 6.86. The highest BCUT2D eigenvalue weighted by molar-refractivity contribution is 7.92. The van der Waals surface area contributed by atoms with Gasteiger partial charge in [-0.2, -0.15) is 0 Å². The number of benzene rings is 2. The van der Waals surface area contributed by atoms with E-state index in [9.17, 15) is 18.0 Å². The summed E-state index contributed by atoms with van der Waals surface area (Å²) >= 11 is 0. The lowest BCUT2D eigenvalue weighted by Crippen LogP contribution is -2.54. The quantitative estimate of drug-likeness (QED) is 0.420. The van der Waals surface area contributed by atoms with Crippen molar-refractivity contribution in [2.75, 3.05) is 24.9 Å². The van der Waals surface area contributed by atoms with Crippen LogP contribution in [0, 0.1) is 6.92 Å². The number of fused-ring (bicyclic) bond motifs is 2. The number of amides is 2. The van der Waals surface area contributed by atoms with Crippen LogP contribution in [0.4, 0.5) is 5.69 Å². The number of carbonyl (C=O) groups is 2. The van der Waals surface area contributed by atoms with Crippen molar-refractivity contribution in [3.63, 3.8) is 0 Å². The lowest BCUT2D eigenvalue weighted by molar-refractivity contribution is -0.134. The molecular formula is C30H34N4O6S. The van der Waals surface area contributed by atoms with E-state index in [1.54, 1.807) is 48.6 Å². The van der Waals surface area contributed by atoms with Crippen LogP contribution in [0.5, 0.6) is 5.75 Å². The number of pyridine rings is 1. The summed E-state index contributed by atoms with van der Waals surface area (Å²) in [6, 6.07) is 14.8. The molecule has 1 aromatic heterocycles. The number of hydrogen-bond donors (Lipinski definition) is 2. The summed E-state index contributed by atoms with van der Waals surface area (Å²) in [4.78, 5) is 31.8. The number of sulfonamides is 1. The third-order valence-electron chi connectivity index (χ3n) is 7.49. The number of aryl methyl sites for hydroxylation is 1. The van der Waals surface area contributed by atoms with Crippen molar-refractivity contribution in [2.45, 2.75) is 55.8 Å². The Morgan fingerprint density at radius 1 is 1.07 bits per heavy atom. The van der Waals surface area contributed by atoms with Gasteiger partial charge in [-0.05, 0) is 74.2 Å². The zero-order chi connectivity index (χ0) is 29.0. The SMILES string of the molecule is Cc1ccc(S(=O)(=O)Nc2ccc3c(c2)C(=O)N(C)[C@H]2CC[C@@H](CC(=O)NCCc4ccncc4)O[C@@H]2CO3)cc1. The van der Waals surface area contributed by atoms with Gasteiger partial charge in [0.05, 0.1) is 29.0 Å². The molecule has 0 bridgehead atoms. The molecule has 0 radical (unpaired) electrons. The van der Waals surface area contributed by atoms with Crippen LogP contribution < -0.4 is 14.8 Å². The van der Waals surface area contributed by atoms with Crippen LogP contribution in [-0.2, 0) is 26.0 Å². The van der Waals surface area contributed by atoms with Crippen molar-refractivity contribution in [3.05, 3.63) is 83.7 Å². The Morgan fingerprint density at radius 3 is 2.59 bits per heavy atom. The molecule has 216 valence electrons. The molecule has 0 saturated carbocycles. The fourth-order valence-corrected chi connectivity index (χ4v) is 6.25. The first kappa shape index (κ1) is 28.6. The Balaban J connectivity index is 1.21. The smallest absolute Gasteiger partial charge is 0.261 e. The largest absolute Gasteiger partial charge is 0.490 e. The van der Waals surface area contributed by atoms with Crippen molar-refractivity contribution < 1.29 is 27.5 Å². The summed E-state index contributed by atoms with van der Waals surface area (Å²) < 4.78 is 40.6. The highest BCUT2D eigenvalue weighted by Gasteiger charge is 2.39. The summed E-state index contributed by atoms with van der Waals surface area (Å²) in [5.74, 6) is -0.0233. The van der Waals surface area contributed by atoms with Crippen molar-refractivity contribution in [1.82, 2.24) is 15.2 Å². The second kappa shape index (κ2) is 12.3. The Kier molecular flexibility index (Phi) is 8.55. The molecule has 3 aromatic rings. The average molecular weight is 579 g/mol. The van der Waals surface area contributed by atoms with Gasteiger partial charge in [-0.1, -0.05) is 17.7 Å². The predicted molar refractivity (Wildman–Crippen MR) is 153 cm³/mol. The van der Waals surface area contributed by atoms with E-state index < -0.39 is 16.1 Å². The summed E-state index contributed by atoms with van der Waals surface area (Å²) in [6.45, 7) is 2.61. The zero-order valence-corrected chi connectivity index (χ0v) is 23.9. The fraction of sp³-hybridized carbons (Fsp3) is 0.367. The molecule has 0 aliphatic carbocycles. The van der Waals surface area contributed by atoms with Gasteiger partial charge in [0.25, 0.3) is 15.9 Å². The maximum absolute atomic E-state index is 13.5. The van der Waals surface area contributed by atoms with E-state index in [1.807, 2.05) is 19.1 Å². The second-order valence-electron chi connectivity index (χ2n) is 10.5. The first-order chi connectivity index (χ1) is 19.7. The van der Waals surface area contributed by atoms with E-state index in [-0.39, 0.29) is 53.1 Å². The minimum absolute atomic E-state index is 0.0790. The first-order valence-electron chi connectivity index (χ1n) is 13.6. The van der Waals surface area contributed by atoms with Crippen molar-refractivity contribution in [2.24, 2.45) is 0 Å². The summed E-state index contributed by atoms with van der Waals surface area (Å²) in [6.07, 6.45) is 5.01. The van der Waals surface area contributed by atoms with Gasteiger partial charge < -0.3 is 19.7 Å². The van der Waals surface area contributed by atoms with Crippen LogP contribution in [-0.4, -0.2) is 68.6 Å². The molecule has 11 heteroatoms. The zero-order valence-electron chi connectivity index (χ0n) is 23.1. The Bertz CT molecular complexity index is 1500. The number of carbonyl (C=O) groups excluding carboxylic acids is 2. The summed E-state index contributed by atoms with van der Waals surface area (Å²) in [7, 11) is -2.11. The van der Waals surface area contributed by atoms with Crippen LogP contribution in [0.1, 0.15) is 40.7 Å². The molecule has 10 nitrogen and oxygen atoms in total. The van der Waals surface area contributed by atoms with E-state index in [4.69, 9.17) is 9.47 Å². The minimum atomic E-state index is -3.83. The molecule has 2 aliphatic rings. The van der Waals surface area contributed by atoms with Gasteiger partial charge >= 0.3 is 0 Å². The maximum Gasteiger partial charge on any atom is 0.261 e. The molecule has 3 heterocycles. The summed E-state index contributed by atoms with van der Waals surface area (Å²) in [5, 5.41) is 2.95. The third-order valence-corrected chi connectivity index (χ3v) is 8.89. The molecule has 2 N–H and O–H groups in total. The highest BCUT2D eigenvalue weighted by atomic mass is 32.2. The molecule has 0 spiro atoms. The monoisotopic (exact) mass is 578 g/mol. The number of aromatic nitrogens is 1. The van der Waals surface area contributed by atoms with Gasteiger partial charge in [-0.3, -0.25) is 19.3 Å². The average Bonchev–Trinajstić information content (AvgIpc) is 2.96. The molecule has 2 aromatic carbocycles. The van der Waals surface area contributed by atoms with Gasteiger partial charge in [0.15, 0.2) is 0 Å². The first-order valence-corrected chi connectivity index (χ1v) is 15.1. The van der Waals surface area contributed by atoms with Gasteiger partial charge in [0.1, 0.15) is 18.5 Å². The lowest BCUT2D eigenvalue weighted by atomic mass is 9.94. The number of nitrogens with one attached hydrogen (secondary N) is 2. The van der Waals surface area contributed by atoms with Crippen molar-refractivity contribution >= 4 is 27.5 Å². The maximum atomic E-state index is 13.5. The predicted octanol–water partition coefficient (Wildman–Crippen LogP) is 3.32. The molecule has 3 atom stereocenters. The van der Waals surface area contributed by atoms with Crippen molar-refractivity contribution in [1.29, 1.82) is 0 Å². The molecule has 0 unspecified atom stereocenters. The Morgan fingerprint density at radius 2 is 1.83 bits per heavy atom. The van der Waals surface area contributed by atoms with Crippen LogP contribution >= 0.6 is 0 Å². The van der Waals surface area contributed by atoms with E-state index in [1.165, 1.54) is 18.2 Å². The molecule has 1 fully saturated rings. The van der Waals surface area contributed by atoms with Crippen LogP contribution in [0.2, 0.25) is 0 Å². The number of ether oxygens (including phenoxy) is 2. The van der Waals surface area contributed by atoms with E-state index in [2.05, 4.69) is 15.0 Å². The standard InChI is InChI=1S/C30H34N4O6S/c1-20-3-7-24(8-4-20)41(37,38)33-22-5-10-27-25(17-22)30(36)34(2)26-9-6-23(40-28(26)19-39-27)18-29(35)32-16-13-21-11-14-31-15-12-21/h3-5,7-8,10-12,14-15,17,23,26,28,33H,6,9,13,16,18-19H2,1-2H3,(H,32,35)/t23-,26-,28+/m0/s1. The van der Waals surface area contributed by atoms with Gasteiger partial charge in [0.2, 0.25) is 5.91 Å². The van der Waals surface area contributed by atoms with E-state index >= 15 is 0 Å². The topological polar surface area (TPSA) is 127 Å². The Labute approximate surface area is 240 Å². The summed E-state index contributed by atoms with van der Waals surface area (Å²) in [5.41, 5.74) is 2.59. The Hall–Kier alpha value is -3.96. The van der Waals surface area contributed by atoms with Crippen molar-refractivity contribution in [3.8, 4) is 5.75 Å². The number of likely N-dealkylation sites (N-methyl/N-ethyl adjacent to an activating group) is 1. The van der Waals surface area contributed by atoms with Gasteiger partial charge in [0, 0.05) is 31.7 Å². The molecule has 2 aliphatic heterocycles. The van der Waals surface area contributed by atoms with Gasteiger partial charge in [-0.15, -0.1) is 0 Å². The van der Waals surface area contributed by atoms with Gasteiger partial charge in [-0.25, -0.2) is 8.42 Å². The minimum Gasteiger partial charge on any atom is -0.490 e. The van der Waals surface area contributed by atoms with Crippen LogP contribution in [0.25, 0.3) is 0 Å². The fourth-order valence-electron chi connectivity index (χ4n) is 5.20. The van der Waals surface area contributed by atoms with Crippen LogP contribution in [0.3, 0.4) is 0 Å². The van der Waals surface area contributed by atoms with Crippen LogP contribution in [0.15, 0.2) is 71.9 Å². The second-order valence-corrected chi connectivity index (χ2v) is 12.1. The lowest BCUT2D eigenvalue weighted by Gasteiger charge is -2.42. The number of nitrogens with zero attached hydrogens (tertiary/aromatic N) is 2. The van der Waals surface area contributed by atoms with E-state index in [0.29, 0.717) is 25.1 Å². The normalized spacial score (nSPS) is 20.6. The molecular weight excluding hydrogens is 544 g/mol. The molecule has 5 rings (SSSR count).